The number of aromatic nitrogens is 2. The summed E-state index contributed by atoms with van der Waals surface area (Å²) in [6, 6.07) is 5.99. The molecule has 18 heavy (non-hydrogen) atoms. The van der Waals surface area contributed by atoms with Gasteiger partial charge in [0.15, 0.2) is 5.82 Å². The lowest BCUT2D eigenvalue weighted by Crippen LogP contribution is -2.31. The number of carbonyl (C=O) groups excluding carboxylic acids is 1. The van der Waals surface area contributed by atoms with Crippen LogP contribution in [-0.2, 0) is 0 Å². The van der Waals surface area contributed by atoms with Gasteiger partial charge in [-0.15, -0.1) is 0 Å². The summed E-state index contributed by atoms with van der Waals surface area (Å²) in [6.07, 6.45) is 4.48. The van der Waals surface area contributed by atoms with E-state index < -0.39 is 0 Å². The molecule has 92 valence electrons. The standard InChI is InChI=1S/C12H12N4O2/c1-16(9-2-4-10(17)5-3-9)12(18)15-11-8-13-6-7-14-11/h2-8,17H,1H3,(H,14,15,18). The molecule has 2 amide bonds. The molecule has 0 aliphatic carbocycles. The number of phenolic OH excluding ortho intramolecular Hbond substituents is 1. The van der Waals surface area contributed by atoms with Crippen LogP contribution in [0.1, 0.15) is 0 Å². The van der Waals surface area contributed by atoms with Gasteiger partial charge in [-0.05, 0) is 24.3 Å². The first kappa shape index (κ1) is 11.8. The Kier molecular flexibility index (Phi) is 3.38. The molecular formula is C12H12N4O2. The summed E-state index contributed by atoms with van der Waals surface area (Å²) in [4.78, 5) is 21.1. The van der Waals surface area contributed by atoms with Crippen LogP contribution in [0.5, 0.6) is 5.75 Å². The average molecular weight is 244 g/mol. The zero-order chi connectivity index (χ0) is 13.0. The van der Waals surface area contributed by atoms with E-state index in [-0.39, 0.29) is 11.8 Å². The monoisotopic (exact) mass is 244 g/mol. The molecule has 2 aromatic rings. The molecule has 0 aliphatic heterocycles. The maximum atomic E-state index is 11.9. The Balaban J connectivity index is 2.07. The number of nitrogens with one attached hydrogen (secondary N) is 1. The fourth-order valence-electron chi connectivity index (χ4n) is 1.35. The van der Waals surface area contributed by atoms with Crippen molar-refractivity contribution in [3.05, 3.63) is 42.9 Å². The number of phenols is 1. The number of hydrogen-bond acceptors (Lipinski definition) is 4. The molecule has 1 aromatic carbocycles. The van der Waals surface area contributed by atoms with Crippen molar-refractivity contribution in [2.75, 3.05) is 17.3 Å². The Labute approximate surface area is 104 Å². The Hall–Kier alpha value is -2.63. The second-order valence-electron chi connectivity index (χ2n) is 3.60. The van der Waals surface area contributed by atoms with Gasteiger partial charge in [-0.1, -0.05) is 0 Å². The molecule has 2 N–H and O–H groups in total. The number of amides is 2. The van der Waals surface area contributed by atoms with E-state index in [0.29, 0.717) is 11.5 Å². The molecule has 0 radical (unpaired) electrons. The van der Waals surface area contributed by atoms with Crippen molar-refractivity contribution in [2.45, 2.75) is 0 Å². The van der Waals surface area contributed by atoms with Crippen LogP contribution < -0.4 is 10.2 Å². The minimum atomic E-state index is -0.332. The zero-order valence-electron chi connectivity index (χ0n) is 9.74. The van der Waals surface area contributed by atoms with Gasteiger partial charge in [0.1, 0.15) is 5.75 Å². The molecule has 0 bridgehead atoms. The minimum absolute atomic E-state index is 0.154. The van der Waals surface area contributed by atoms with Crippen molar-refractivity contribution in [1.82, 2.24) is 9.97 Å². The van der Waals surface area contributed by atoms with E-state index >= 15 is 0 Å². The van der Waals surface area contributed by atoms with Crippen LogP contribution in [0.15, 0.2) is 42.9 Å². The number of carbonyl (C=O) groups is 1. The lowest BCUT2D eigenvalue weighted by atomic mass is 10.3. The highest BCUT2D eigenvalue weighted by atomic mass is 16.3. The Morgan fingerprint density at radius 2 is 2.00 bits per heavy atom. The van der Waals surface area contributed by atoms with Crippen molar-refractivity contribution >= 4 is 17.5 Å². The molecule has 1 heterocycles. The van der Waals surface area contributed by atoms with Gasteiger partial charge in [0.25, 0.3) is 0 Å². The van der Waals surface area contributed by atoms with Gasteiger partial charge in [0.05, 0.1) is 6.20 Å². The average Bonchev–Trinajstić information content (AvgIpc) is 2.40. The maximum absolute atomic E-state index is 11.9. The number of aromatic hydroxyl groups is 1. The van der Waals surface area contributed by atoms with Crippen LogP contribution in [0.3, 0.4) is 0 Å². The van der Waals surface area contributed by atoms with Crippen molar-refractivity contribution in [3.63, 3.8) is 0 Å². The molecule has 6 heteroatoms. The first-order valence-electron chi connectivity index (χ1n) is 5.26. The molecule has 0 spiro atoms. The predicted molar refractivity (Wildman–Crippen MR) is 67.6 cm³/mol. The molecule has 0 saturated heterocycles. The summed E-state index contributed by atoms with van der Waals surface area (Å²) in [6.45, 7) is 0. The Morgan fingerprint density at radius 3 is 2.61 bits per heavy atom. The summed E-state index contributed by atoms with van der Waals surface area (Å²) in [7, 11) is 1.62. The molecule has 0 aliphatic rings. The topological polar surface area (TPSA) is 78.4 Å². The number of anilines is 2. The lowest BCUT2D eigenvalue weighted by Gasteiger charge is -2.17. The molecule has 0 atom stereocenters. The second kappa shape index (κ2) is 5.13. The van der Waals surface area contributed by atoms with E-state index in [1.54, 1.807) is 19.2 Å². The smallest absolute Gasteiger partial charge is 0.327 e. The van der Waals surface area contributed by atoms with E-state index in [9.17, 15) is 9.90 Å². The van der Waals surface area contributed by atoms with E-state index in [1.165, 1.54) is 35.6 Å². The number of rotatable bonds is 2. The number of urea groups is 1. The number of hydrogen-bond donors (Lipinski definition) is 2. The SMILES string of the molecule is CN(C(=O)Nc1cnccn1)c1ccc(O)cc1. The number of benzene rings is 1. The van der Waals surface area contributed by atoms with Gasteiger partial charge in [-0.25, -0.2) is 9.78 Å². The molecule has 0 unspecified atom stereocenters. The third kappa shape index (κ3) is 2.73. The highest BCUT2D eigenvalue weighted by molar-refractivity contribution is 6.00. The second-order valence-corrected chi connectivity index (χ2v) is 3.60. The van der Waals surface area contributed by atoms with Crippen molar-refractivity contribution < 1.29 is 9.90 Å². The van der Waals surface area contributed by atoms with Gasteiger partial charge in [-0.3, -0.25) is 15.2 Å². The summed E-state index contributed by atoms with van der Waals surface area (Å²) in [5.41, 5.74) is 0.661. The van der Waals surface area contributed by atoms with Gasteiger partial charge < -0.3 is 5.11 Å². The zero-order valence-corrected chi connectivity index (χ0v) is 9.74. The third-order valence-electron chi connectivity index (χ3n) is 2.34. The van der Waals surface area contributed by atoms with Gasteiger partial charge >= 0.3 is 6.03 Å². The summed E-state index contributed by atoms with van der Waals surface area (Å²) in [5, 5.41) is 11.8. The van der Waals surface area contributed by atoms with Gasteiger partial charge in [0, 0.05) is 25.1 Å². The molecule has 0 fully saturated rings. The molecule has 6 nitrogen and oxygen atoms in total. The Morgan fingerprint density at radius 1 is 1.28 bits per heavy atom. The molecule has 1 aromatic heterocycles. The quantitative estimate of drug-likeness (QED) is 0.845. The van der Waals surface area contributed by atoms with E-state index in [0.717, 1.165) is 0 Å². The van der Waals surface area contributed by atoms with Crippen LogP contribution >= 0.6 is 0 Å². The first-order valence-corrected chi connectivity index (χ1v) is 5.26. The molecular weight excluding hydrogens is 232 g/mol. The van der Waals surface area contributed by atoms with Crippen LogP contribution in [-0.4, -0.2) is 28.2 Å². The normalized spacial score (nSPS) is 9.83. The Bertz CT molecular complexity index is 528. The van der Waals surface area contributed by atoms with Crippen LogP contribution in [0.25, 0.3) is 0 Å². The fourth-order valence-corrected chi connectivity index (χ4v) is 1.35. The molecule has 2 rings (SSSR count). The first-order chi connectivity index (χ1) is 8.66. The van der Waals surface area contributed by atoms with Crippen molar-refractivity contribution in [1.29, 1.82) is 0 Å². The lowest BCUT2D eigenvalue weighted by molar-refractivity contribution is 0.258. The van der Waals surface area contributed by atoms with Crippen LogP contribution in [0, 0.1) is 0 Å². The van der Waals surface area contributed by atoms with E-state index in [1.807, 2.05) is 0 Å². The van der Waals surface area contributed by atoms with E-state index in [4.69, 9.17) is 0 Å². The summed E-state index contributed by atoms with van der Waals surface area (Å²) < 4.78 is 0. The van der Waals surface area contributed by atoms with Gasteiger partial charge in [0.2, 0.25) is 0 Å². The molecule has 0 saturated carbocycles. The summed E-state index contributed by atoms with van der Waals surface area (Å²) in [5.74, 6) is 0.537. The number of nitrogens with zero attached hydrogens (tertiary/aromatic N) is 3. The predicted octanol–water partition coefficient (Wildman–Crippen LogP) is 1.85. The highest BCUT2D eigenvalue weighted by Crippen LogP contribution is 2.17. The van der Waals surface area contributed by atoms with Crippen molar-refractivity contribution in [3.8, 4) is 5.75 Å². The highest BCUT2D eigenvalue weighted by Gasteiger charge is 2.11. The minimum Gasteiger partial charge on any atom is -0.508 e. The maximum Gasteiger partial charge on any atom is 0.327 e. The van der Waals surface area contributed by atoms with E-state index in [2.05, 4.69) is 15.3 Å². The summed E-state index contributed by atoms with van der Waals surface area (Å²) >= 11 is 0. The largest absolute Gasteiger partial charge is 0.508 e. The third-order valence-corrected chi connectivity index (χ3v) is 2.34. The van der Waals surface area contributed by atoms with Crippen LogP contribution in [0.4, 0.5) is 16.3 Å². The fraction of sp³-hybridized carbons (Fsp3) is 0.0833. The van der Waals surface area contributed by atoms with Crippen LogP contribution in [0.2, 0.25) is 0 Å². The van der Waals surface area contributed by atoms with Crippen molar-refractivity contribution in [2.24, 2.45) is 0 Å². The van der Waals surface area contributed by atoms with Gasteiger partial charge in [-0.2, -0.15) is 0 Å².